The molecule has 1 saturated heterocycles. The van der Waals surface area contributed by atoms with Gasteiger partial charge in [0, 0.05) is 50.4 Å². The van der Waals surface area contributed by atoms with Gasteiger partial charge in [-0.15, -0.1) is 0 Å². The number of ether oxygens (including phenoxy) is 1. The first-order valence-electron chi connectivity index (χ1n) is 11.0. The smallest absolute Gasteiger partial charge is 0.228 e. The molecule has 2 N–H and O–H groups in total. The van der Waals surface area contributed by atoms with E-state index in [2.05, 4.69) is 14.9 Å². The van der Waals surface area contributed by atoms with Crippen LogP contribution in [0.1, 0.15) is 0 Å². The number of aromatic nitrogens is 4. The summed E-state index contributed by atoms with van der Waals surface area (Å²) in [5.41, 5.74) is 8.61. The molecule has 0 radical (unpaired) electrons. The van der Waals surface area contributed by atoms with E-state index in [1.54, 1.807) is 4.68 Å². The van der Waals surface area contributed by atoms with Gasteiger partial charge in [-0.25, -0.2) is 4.98 Å². The summed E-state index contributed by atoms with van der Waals surface area (Å²) in [6.45, 7) is 5.05. The van der Waals surface area contributed by atoms with Gasteiger partial charge in [0.2, 0.25) is 5.95 Å². The minimum Gasteiger partial charge on any atom is -0.492 e. The van der Waals surface area contributed by atoms with Crippen molar-refractivity contribution in [2.75, 3.05) is 50.0 Å². The maximum atomic E-state index is 6.30. The lowest BCUT2D eigenvalue weighted by atomic mass is 10.1. The Kier molecular flexibility index (Phi) is 6.02. The summed E-state index contributed by atoms with van der Waals surface area (Å²) >= 11 is 6.09. The van der Waals surface area contributed by atoms with Crippen molar-refractivity contribution < 1.29 is 4.74 Å². The van der Waals surface area contributed by atoms with Crippen LogP contribution in [0.15, 0.2) is 54.6 Å². The number of para-hydroxylation sites is 1. The molecular formula is C24H26ClN7O. The molecule has 0 saturated carbocycles. The molecule has 0 spiro atoms. The lowest BCUT2D eigenvalue weighted by Gasteiger charge is -2.34. The fourth-order valence-electron chi connectivity index (χ4n) is 4.04. The molecule has 1 aliphatic heterocycles. The molecule has 4 aromatic rings. The molecule has 3 heterocycles. The number of fused-ring (bicyclic) bond motifs is 1. The van der Waals surface area contributed by atoms with E-state index in [9.17, 15) is 0 Å². The second kappa shape index (κ2) is 9.25. The van der Waals surface area contributed by atoms with Crippen molar-refractivity contribution in [2.24, 2.45) is 7.05 Å². The average Bonchev–Trinajstić information content (AvgIpc) is 3.13. The average molecular weight is 464 g/mol. The SMILES string of the molecule is Cn1nc2nc(N3CCN(CCOc4ccccc4)CC3)nc(-c3ccc(Cl)cc3)c2c1N. The lowest BCUT2D eigenvalue weighted by molar-refractivity contribution is 0.200. The first-order chi connectivity index (χ1) is 16.1. The van der Waals surface area contributed by atoms with Gasteiger partial charge in [-0.3, -0.25) is 9.58 Å². The number of aryl methyl sites for hydroxylation is 1. The van der Waals surface area contributed by atoms with Gasteiger partial charge >= 0.3 is 0 Å². The number of rotatable bonds is 6. The van der Waals surface area contributed by atoms with Crippen molar-refractivity contribution in [3.05, 3.63) is 59.6 Å². The fourth-order valence-corrected chi connectivity index (χ4v) is 4.17. The summed E-state index contributed by atoms with van der Waals surface area (Å²) in [6.07, 6.45) is 0. The third-order valence-electron chi connectivity index (χ3n) is 5.92. The molecule has 170 valence electrons. The Morgan fingerprint density at radius 2 is 1.70 bits per heavy atom. The second-order valence-electron chi connectivity index (χ2n) is 8.08. The summed E-state index contributed by atoms with van der Waals surface area (Å²) in [7, 11) is 1.82. The molecule has 1 aliphatic rings. The van der Waals surface area contributed by atoms with Crippen LogP contribution in [0.25, 0.3) is 22.3 Å². The van der Waals surface area contributed by atoms with Crippen LogP contribution in [-0.4, -0.2) is 64.0 Å². The van der Waals surface area contributed by atoms with Crippen molar-refractivity contribution in [3.8, 4) is 17.0 Å². The highest BCUT2D eigenvalue weighted by Crippen LogP contribution is 2.32. The summed E-state index contributed by atoms with van der Waals surface area (Å²) < 4.78 is 7.49. The molecule has 0 aliphatic carbocycles. The van der Waals surface area contributed by atoms with Crippen molar-refractivity contribution in [3.63, 3.8) is 0 Å². The van der Waals surface area contributed by atoms with E-state index in [0.717, 1.165) is 55.1 Å². The Morgan fingerprint density at radius 3 is 2.42 bits per heavy atom. The summed E-state index contributed by atoms with van der Waals surface area (Å²) in [6, 6.07) is 17.5. The van der Waals surface area contributed by atoms with E-state index in [-0.39, 0.29) is 0 Å². The van der Waals surface area contributed by atoms with E-state index in [1.165, 1.54) is 0 Å². The van der Waals surface area contributed by atoms with E-state index in [1.807, 2.05) is 61.6 Å². The summed E-state index contributed by atoms with van der Waals surface area (Å²) in [5.74, 6) is 2.12. The molecular weight excluding hydrogens is 438 g/mol. The monoisotopic (exact) mass is 463 g/mol. The van der Waals surface area contributed by atoms with Gasteiger partial charge in [-0.2, -0.15) is 10.1 Å². The van der Waals surface area contributed by atoms with Gasteiger partial charge in [0.25, 0.3) is 0 Å². The van der Waals surface area contributed by atoms with E-state index in [4.69, 9.17) is 32.0 Å². The van der Waals surface area contributed by atoms with Crippen LogP contribution in [0.3, 0.4) is 0 Å². The Bertz CT molecular complexity index is 1240. The fraction of sp³-hybridized carbons (Fsp3) is 0.292. The summed E-state index contributed by atoms with van der Waals surface area (Å²) in [5, 5.41) is 5.96. The first kappa shape index (κ1) is 21.5. The standard InChI is InChI=1S/C24H26ClN7O/c1-30-22(26)20-21(17-7-9-18(25)10-8-17)27-24(28-23(20)29-30)32-13-11-31(12-14-32)15-16-33-19-5-3-2-4-6-19/h2-10H,11-16,26H2,1H3. The Hall–Kier alpha value is -3.36. The number of nitrogens with two attached hydrogens (primary N) is 1. The molecule has 2 aromatic carbocycles. The predicted octanol–water partition coefficient (Wildman–Crippen LogP) is 3.47. The maximum Gasteiger partial charge on any atom is 0.228 e. The molecule has 33 heavy (non-hydrogen) atoms. The minimum atomic E-state index is 0.546. The summed E-state index contributed by atoms with van der Waals surface area (Å²) in [4.78, 5) is 14.3. The predicted molar refractivity (Wildman–Crippen MR) is 132 cm³/mol. The molecule has 0 atom stereocenters. The zero-order valence-electron chi connectivity index (χ0n) is 18.5. The van der Waals surface area contributed by atoms with Crippen molar-refractivity contribution in [2.45, 2.75) is 0 Å². The highest BCUT2D eigenvalue weighted by molar-refractivity contribution is 6.30. The number of nitrogens with zero attached hydrogens (tertiary/aromatic N) is 6. The van der Waals surface area contributed by atoms with Crippen LogP contribution >= 0.6 is 11.6 Å². The van der Waals surface area contributed by atoms with Crippen molar-refractivity contribution in [1.29, 1.82) is 0 Å². The molecule has 9 heteroatoms. The number of piperazine rings is 1. The number of hydrogen-bond acceptors (Lipinski definition) is 7. The Balaban J connectivity index is 1.31. The largest absolute Gasteiger partial charge is 0.492 e. The van der Waals surface area contributed by atoms with Gasteiger partial charge < -0.3 is 15.4 Å². The molecule has 0 amide bonds. The highest BCUT2D eigenvalue weighted by Gasteiger charge is 2.23. The van der Waals surface area contributed by atoms with Gasteiger partial charge in [0.15, 0.2) is 5.65 Å². The van der Waals surface area contributed by atoms with Crippen LogP contribution in [-0.2, 0) is 7.05 Å². The molecule has 5 rings (SSSR count). The Morgan fingerprint density at radius 1 is 0.970 bits per heavy atom. The van der Waals surface area contributed by atoms with Crippen LogP contribution in [0.2, 0.25) is 5.02 Å². The molecule has 1 fully saturated rings. The topological polar surface area (TPSA) is 85.3 Å². The molecule has 8 nitrogen and oxygen atoms in total. The molecule has 2 aromatic heterocycles. The number of anilines is 2. The quantitative estimate of drug-likeness (QED) is 0.468. The zero-order valence-corrected chi connectivity index (χ0v) is 19.2. The van der Waals surface area contributed by atoms with Crippen LogP contribution in [0, 0.1) is 0 Å². The van der Waals surface area contributed by atoms with E-state index >= 15 is 0 Å². The highest BCUT2D eigenvalue weighted by atomic mass is 35.5. The Labute approximate surface area is 197 Å². The van der Waals surface area contributed by atoms with Crippen LogP contribution < -0.4 is 15.4 Å². The number of halogens is 1. The second-order valence-corrected chi connectivity index (χ2v) is 8.51. The lowest BCUT2D eigenvalue weighted by Crippen LogP contribution is -2.48. The van der Waals surface area contributed by atoms with Gasteiger partial charge in [-0.05, 0) is 24.3 Å². The van der Waals surface area contributed by atoms with Gasteiger partial charge in [0.05, 0.1) is 11.1 Å². The number of nitrogen functional groups attached to an aromatic ring is 1. The zero-order chi connectivity index (χ0) is 22.8. The van der Waals surface area contributed by atoms with E-state index < -0.39 is 0 Å². The molecule has 0 bridgehead atoms. The van der Waals surface area contributed by atoms with Crippen molar-refractivity contribution >= 4 is 34.4 Å². The third-order valence-corrected chi connectivity index (χ3v) is 6.17. The van der Waals surface area contributed by atoms with Crippen molar-refractivity contribution in [1.82, 2.24) is 24.6 Å². The van der Waals surface area contributed by atoms with Crippen LogP contribution in [0.4, 0.5) is 11.8 Å². The van der Waals surface area contributed by atoms with E-state index in [0.29, 0.717) is 29.0 Å². The molecule has 0 unspecified atom stereocenters. The van der Waals surface area contributed by atoms with Gasteiger partial charge in [0.1, 0.15) is 18.2 Å². The first-order valence-corrected chi connectivity index (χ1v) is 11.4. The maximum absolute atomic E-state index is 6.30. The number of benzene rings is 2. The van der Waals surface area contributed by atoms with Gasteiger partial charge in [-0.1, -0.05) is 41.9 Å². The normalized spacial score (nSPS) is 14.7. The minimum absolute atomic E-state index is 0.546. The number of hydrogen-bond donors (Lipinski definition) is 1. The van der Waals surface area contributed by atoms with Crippen LogP contribution in [0.5, 0.6) is 5.75 Å². The third kappa shape index (κ3) is 4.58.